The van der Waals surface area contributed by atoms with Crippen LogP contribution in [0.1, 0.15) is 0 Å². The van der Waals surface area contributed by atoms with E-state index >= 15 is 0 Å². The van der Waals surface area contributed by atoms with Crippen LogP contribution in [0.5, 0.6) is 0 Å². The van der Waals surface area contributed by atoms with Gasteiger partial charge >= 0.3 is 23.9 Å². The molecule has 6 aliphatic rings. The van der Waals surface area contributed by atoms with Crippen molar-refractivity contribution in [3.05, 3.63) is 0 Å². The Hall–Kier alpha value is -1.83. The van der Waals surface area contributed by atoms with Gasteiger partial charge in [0.1, 0.15) is 0 Å². The monoisotopic (exact) mass is 316 g/mol. The van der Waals surface area contributed by atoms with Crippen LogP contribution in [0, 0.1) is 45.3 Å². The molecule has 0 aliphatic heterocycles. The molecule has 6 saturated carbocycles. The molecule has 4 N–H and O–H groups in total. The van der Waals surface area contributed by atoms with Crippen molar-refractivity contribution in [2.45, 2.75) is 0 Å². The first kappa shape index (κ1) is 12.9. The summed E-state index contributed by atoms with van der Waals surface area (Å²) in [4.78, 5) is 46.0. The fourth-order valence-electron chi connectivity index (χ4n) is 7.65. The molecule has 9 heteroatoms. The molecular formula is C12H9ClO8. The molecule has 0 aromatic rings. The molecule has 21 heavy (non-hydrogen) atoms. The Bertz CT molecular complexity index is 541. The van der Waals surface area contributed by atoms with Crippen molar-refractivity contribution in [3.63, 3.8) is 0 Å². The van der Waals surface area contributed by atoms with Gasteiger partial charge in [-0.3, -0.25) is 19.2 Å². The normalized spacial score (nSPS) is 61.3. The Morgan fingerprint density at radius 3 is 0.762 bits per heavy atom. The van der Waals surface area contributed by atoms with Gasteiger partial charge in [0.2, 0.25) is 0 Å². The number of hydrogen-bond acceptors (Lipinski definition) is 4. The molecule has 0 radical (unpaired) electrons. The lowest BCUT2D eigenvalue weighted by Crippen LogP contribution is -3.21. The van der Waals surface area contributed by atoms with Gasteiger partial charge in [-0.05, 0) is 0 Å². The molecule has 0 aromatic carbocycles. The van der Waals surface area contributed by atoms with Crippen LogP contribution >= 0.6 is 12.4 Å². The summed E-state index contributed by atoms with van der Waals surface area (Å²) in [7, 11) is 0. The van der Waals surface area contributed by atoms with Crippen molar-refractivity contribution in [2.75, 3.05) is 0 Å². The van der Waals surface area contributed by atoms with Crippen LogP contribution in [0.4, 0.5) is 0 Å². The van der Waals surface area contributed by atoms with Crippen molar-refractivity contribution < 1.29 is 39.6 Å². The zero-order valence-electron chi connectivity index (χ0n) is 10.1. The predicted octanol–water partition coefficient (Wildman–Crippen LogP) is -0.775. The minimum absolute atomic E-state index is 0. The maximum atomic E-state index is 11.5. The summed E-state index contributed by atoms with van der Waals surface area (Å²) in [5.74, 6) is -8.79. The van der Waals surface area contributed by atoms with Crippen molar-refractivity contribution in [1.29, 1.82) is 0 Å². The van der Waals surface area contributed by atoms with E-state index in [2.05, 4.69) is 0 Å². The number of rotatable bonds is 4. The fourth-order valence-corrected chi connectivity index (χ4v) is 7.65. The van der Waals surface area contributed by atoms with Gasteiger partial charge in [-0.1, -0.05) is 0 Å². The van der Waals surface area contributed by atoms with E-state index in [9.17, 15) is 39.6 Å². The van der Waals surface area contributed by atoms with Crippen LogP contribution in [0.25, 0.3) is 0 Å². The summed E-state index contributed by atoms with van der Waals surface area (Å²) in [5.41, 5.74) is -5.71. The molecule has 0 spiro atoms. The quantitative estimate of drug-likeness (QED) is 0.528. The molecule has 112 valence electrons. The van der Waals surface area contributed by atoms with Gasteiger partial charge in [0, 0.05) is 23.7 Å². The van der Waals surface area contributed by atoms with Gasteiger partial charge < -0.3 is 20.4 Å². The summed E-state index contributed by atoms with van der Waals surface area (Å²) in [6.07, 6.45) is 0. The molecule has 0 unspecified atom stereocenters. The predicted molar refractivity (Wildman–Crippen MR) is 61.5 cm³/mol. The van der Waals surface area contributed by atoms with Crippen LogP contribution in [-0.2, 0) is 19.2 Å². The zero-order chi connectivity index (χ0) is 14.6. The topological polar surface area (TPSA) is 149 Å². The van der Waals surface area contributed by atoms with E-state index in [1.165, 1.54) is 0 Å². The molecule has 0 aromatic heterocycles. The Morgan fingerprint density at radius 2 is 0.667 bits per heavy atom. The average molecular weight is 317 g/mol. The van der Waals surface area contributed by atoms with Gasteiger partial charge in [0.05, 0.1) is 21.7 Å². The molecule has 0 heterocycles. The maximum absolute atomic E-state index is 11.5. The lowest BCUT2D eigenvalue weighted by molar-refractivity contribution is -0.683. The number of halogens is 1. The molecule has 0 atom stereocenters. The van der Waals surface area contributed by atoms with Crippen molar-refractivity contribution >= 4 is 36.3 Å². The minimum Gasteiger partial charge on any atom is -0.481 e. The van der Waals surface area contributed by atoms with E-state index in [-0.39, 0.29) is 12.4 Å². The first-order valence-electron chi connectivity index (χ1n) is 6.18. The van der Waals surface area contributed by atoms with E-state index in [1.807, 2.05) is 0 Å². The highest BCUT2D eigenvalue weighted by Crippen LogP contribution is 3.18. The molecule has 0 amide bonds. The number of carboxylic acid groups (broad SMARTS) is 4. The third-order valence-electron chi connectivity index (χ3n) is 7.21. The first-order valence-corrected chi connectivity index (χ1v) is 6.18. The third-order valence-corrected chi connectivity index (χ3v) is 7.21. The van der Waals surface area contributed by atoms with E-state index in [4.69, 9.17) is 0 Å². The second-order valence-corrected chi connectivity index (χ2v) is 6.68. The zero-order valence-corrected chi connectivity index (χ0v) is 11.0. The maximum Gasteiger partial charge on any atom is 0.310 e. The fraction of sp³-hybridized carbons (Fsp3) is 0.667. The van der Waals surface area contributed by atoms with Crippen LogP contribution < -0.4 is 0 Å². The summed E-state index contributed by atoms with van der Waals surface area (Å²) >= 11 is 0. The Labute approximate surface area is 122 Å². The minimum atomic E-state index is -1.43. The first-order chi connectivity index (χ1) is 9.24. The molecule has 6 aliphatic carbocycles. The van der Waals surface area contributed by atoms with Gasteiger partial charge in [0.15, 0.2) is 0 Å². The average Bonchev–Trinajstić information content (AvgIpc) is 2.35. The molecular weight excluding hydrogens is 308 g/mol. The Kier molecular flexibility index (Phi) is 1.54. The van der Waals surface area contributed by atoms with Crippen molar-refractivity contribution in [1.82, 2.24) is 0 Å². The molecule has 0 bridgehead atoms. The number of carbonyl (C=O) groups is 4. The second-order valence-electron chi connectivity index (χ2n) is 6.68. The van der Waals surface area contributed by atoms with Crippen LogP contribution in [0.2, 0.25) is 0 Å². The highest BCUT2D eigenvalue weighted by atomic mass is 35.5. The van der Waals surface area contributed by atoms with Crippen molar-refractivity contribution in [2.24, 2.45) is 45.3 Å². The van der Waals surface area contributed by atoms with Crippen LogP contribution in [0.15, 0.2) is 0 Å². The largest absolute Gasteiger partial charge is 0.481 e. The third kappa shape index (κ3) is 0.536. The highest BCUT2D eigenvalue weighted by Gasteiger charge is 3.26. The van der Waals surface area contributed by atoms with E-state index in [1.54, 1.807) is 0 Å². The Balaban J connectivity index is 0.00000115. The van der Waals surface area contributed by atoms with Gasteiger partial charge in [-0.25, -0.2) is 0 Å². The van der Waals surface area contributed by atoms with Gasteiger partial charge in [-0.2, -0.15) is 0 Å². The lowest BCUT2D eigenvalue weighted by Gasteiger charge is -3.13. The van der Waals surface area contributed by atoms with Crippen LogP contribution in [0.3, 0.4) is 0 Å². The molecule has 8 nitrogen and oxygen atoms in total. The van der Waals surface area contributed by atoms with E-state index in [0.29, 0.717) is 0 Å². The molecule has 6 fully saturated rings. The number of carboxylic acids is 4. The highest BCUT2D eigenvalue weighted by molar-refractivity contribution is 6.11. The summed E-state index contributed by atoms with van der Waals surface area (Å²) in [6.45, 7) is 0. The van der Waals surface area contributed by atoms with Crippen LogP contribution in [-0.4, -0.2) is 44.3 Å². The molecule has 0 saturated heterocycles. The summed E-state index contributed by atoms with van der Waals surface area (Å²) in [5, 5.41) is 37.5. The number of aliphatic carboxylic acids is 4. The molecule has 6 rings (SSSR count). The van der Waals surface area contributed by atoms with Crippen molar-refractivity contribution in [3.8, 4) is 0 Å². The standard InChI is InChI=1S/C12H8O8.ClH/c13-5(14)9-1-10(6(15)16)2(9)12(8(19)20)3(9)11(1,4(10)12)7(17)18;/h1-4H,(H,13,14)(H,15,16)(H,17,18)(H,19,20);1H. The summed E-state index contributed by atoms with van der Waals surface area (Å²) in [6, 6.07) is 0. The Morgan fingerprint density at radius 1 is 0.524 bits per heavy atom. The van der Waals surface area contributed by atoms with E-state index in [0.717, 1.165) is 0 Å². The van der Waals surface area contributed by atoms with Gasteiger partial charge in [-0.15, -0.1) is 12.4 Å². The number of hydrogen-bond donors (Lipinski definition) is 4. The lowest BCUT2D eigenvalue weighted by atomic mass is 8.84. The van der Waals surface area contributed by atoms with Gasteiger partial charge in [0.25, 0.3) is 0 Å². The summed E-state index contributed by atoms with van der Waals surface area (Å²) < 4.78 is 0. The SMILES string of the molecule is Cl.O=C(O)C12C3C4(C(=O)O)C1C1(C(=O)O)C2C3(C(=O)O)C41. The second kappa shape index (κ2) is 2.51. The van der Waals surface area contributed by atoms with E-state index < -0.39 is 69.2 Å². The smallest absolute Gasteiger partial charge is 0.310 e.